The van der Waals surface area contributed by atoms with Crippen molar-refractivity contribution in [3.63, 3.8) is 0 Å². The summed E-state index contributed by atoms with van der Waals surface area (Å²) in [6.07, 6.45) is 3.03. The van der Waals surface area contributed by atoms with E-state index in [0.717, 1.165) is 24.3 Å². The molecule has 192 valence electrons. The van der Waals surface area contributed by atoms with Gasteiger partial charge >= 0.3 is 0 Å². The van der Waals surface area contributed by atoms with Gasteiger partial charge in [-0.3, -0.25) is 9.59 Å². The van der Waals surface area contributed by atoms with Crippen LogP contribution in [0.15, 0.2) is 95.4 Å². The van der Waals surface area contributed by atoms with E-state index in [1.807, 2.05) is 59.5 Å². The van der Waals surface area contributed by atoms with Gasteiger partial charge in [0.1, 0.15) is 11.5 Å². The molecule has 38 heavy (non-hydrogen) atoms. The van der Waals surface area contributed by atoms with Crippen molar-refractivity contribution in [2.24, 2.45) is 0 Å². The first kappa shape index (κ1) is 25.6. The van der Waals surface area contributed by atoms with E-state index in [0.29, 0.717) is 45.9 Å². The number of benzene rings is 3. The first-order valence-corrected chi connectivity index (χ1v) is 12.9. The Kier molecular flexibility index (Phi) is 7.82. The Morgan fingerprint density at radius 1 is 0.816 bits per heavy atom. The number of nitrogens with zero attached hydrogens (tertiary/aromatic N) is 2. The van der Waals surface area contributed by atoms with Gasteiger partial charge in [0.05, 0.1) is 0 Å². The molecule has 0 aliphatic carbocycles. The summed E-state index contributed by atoms with van der Waals surface area (Å²) in [6, 6.07) is 25.8. The predicted molar refractivity (Wildman–Crippen MR) is 153 cm³/mol. The van der Waals surface area contributed by atoms with Gasteiger partial charge in [0.15, 0.2) is 0 Å². The zero-order valence-electron chi connectivity index (χ0n) is 20.4. The lowest BCUT2D eigenvalue weighted by atomic mass is 10.1. The molecule has 2 amide bonds. The molecule has 1 aliphatic heterocycles. The second kappa shape index (κ2) is 11.6. The first-order valence-electron chi connectivity index (χ1n) is 12.2. The van der Waals surface area contributed by atoms with Crippen molar-refractivity contribution < 1.29 is 14.0 Å². The number of halogens is 2. The predicted octanol–water partition coefficient (Wildman–Crippen LogP) is 6.87. The molecule has 1 aromatic heterocycles. The van der Waals surface area contributed by atoms with Crippen LogP contribution in [0, 0.1) is 0 Å². The molecule has 0 bridgehead atoms. The lowest BCUT2D eigenvalue weighted by Crippen LogP contribution is -2.48. The number of furan rings is 1. The van der Waals surface area contributed by atoms with Crippen LogP contribution in [0.1, 0.15) is 16.1 Å². The number of rotatable bonds is 6. The molecule has 6 nitrogen and oxygen atoms in total. The van der Waals surface area contributed by atoms with Crippen molar-refractivity contribution in [2.75, 3.05) is 36.4 Å². The summed E-state index contributed by atoms with van der Waals surface area (Å²) in [7, 11) is 0. The Hall–Kier alpha value is -4.00. The molecule has 0 atom stereocenters. The summed E-state index contributed by atoms with van der Waals surface area (Å²) >= 11 is 12.1. The van der Waals surface area contributed by atoms with Crippen molar-refractivity contribution in [3.8, 4) is 11.3 Å². The van der Waals surface area contributed by atoms with E-state index >= 15 is 0 Å². The highest BCUT2D eigenvalue weighted by molar-refractivity contribution is 6.35. The second-order valence-corrected chi connectivity index (χ2v) is 9.75. The number of carbonyl (C=O) groups excluding carboxylic acids is 2. The SMILES string of the molecule is O=C(/C=C/c1ccc(-c2cc(Cl)cc(Cl)c2)o1)Nc1ccc(N2CCN(C(=O)c3ccccc3)CC2)cc1. The third kappa shape index (κ3) is 6.28. The number of carbonyl (C=O) groups is 2. The Bertz CT molecular complexity index is 1440. The van der Waals surface area contributed by atoms with Crippen LogP contribution in [0.5, 0.6) is 0 Å². The van der Waals surface area contributed by atoms with Crippen LogP contribution in [0.2, 0.25) is 10.0 Å². The van der Waals surface area contributed by atoms with Crippen molar-refractivity contribution in [3.05, 3.63) is 112 Å². The Morgan fingerprint density at radius 2 is 1.50 bits per heavy atom. The average Bonchev–Trinajstić information content (AvgIpc) is 3.41. The second-order valence-electron chi connectivity index (χ2n) is 8.87. The van der Waals surface area contributed by atoms with Crippen LogP contribution in [-0.4, -0.2) is 42.9 Å². The van der Waals surface area contributed by atoms with Gasteiger partial charge in [-0.15, -0.1) is 0 Å². The van der Waals surface area contributed by atoms with Crippen LogP contribution in [-0.2, 0) is 4.79 Å². The topological polar surface area (TPSA) is 65.8 Å². The average molecular weight is 546 g/mol. The van der Waals surface area contributed by atoms with Crippen LogP contribution < -0.4 is 10.2 Å². The number of hydrogen-bond donors (Lipinski definition) is 1. The van der Waals surface area contributed by atoms with Crippen LogP contribution in [0.4, 0.5) is 11.4 Å². The van der Waals surface area contributed by atoms with E-state index in [4.69, 9.17) is 27.6 Å². The maximum Gasteiger partial charge on any atom is 0.253 e. The molecule has 1 saturated heterocycles. The van der Waals surface area contributed by atoms with Gasteiger partial charge in [0.25, 0.3) is 5.91 Å². The highest BCUT2D eigenvalue weighted by atomic mass is 35.5. The van der Waals surface area contributed by atoms with Gasteiger partial charge in [-0.05, 0) is 72.8 Å². The Morgan fingerprint density at radius 3 is 2.18 bits per heavy atom. The van der Waals surface area contributed by atoms with Crippen molar-refractivity contribution in [1.82, 2.24) is 4.90 Å². The molecule has 4 aromatic rings. The van der Waals surface area contributed by atoms with Gasteiger partial charge in [-0.25, -0.2) is 0 Å². The standard InChI is InChI=1S/C30H25Cl2N3O3/c31-23-18-22(19-24(32)20-23)28-12-10-27(38-28)11-13-29(36)33-25-6-8-26(9-7-25)34-14-16-35(17-15-34)30(37)21-4-2-1-3-5-21/h1-13,18-20H,14-17H2,(H,33,36)/b13-11+. The van der Waals surface area contributed by atoms with Gasteiger partial charge in [0, 0.05) is 64.8 Å². The lowest BCUT2D eigenvalue weighted by Gasteiger charge is -2.36. The first-order chi connectivity index (χ1) is 18.4. The van der Waals surface area contributed by atoms with E-state index in [9.17, 15) is 9.59 Å². The fourth-order valence-electron chi connectivity index (χ4n) is 4.32. The van der Waals surface area contributed by atoms with E-state index < -0.39 is 0 Å². The van der Waals surface area contributed by atoms with Gasteiger partial charge in [-0.2, -0.15) is 0 Å². The number of hydrogen-bond acceptors (Lipinski definition) is 4. The third-order valence-electron chi connectivity index (χ3n) is 6.26. The molecule has 0 unspecified atom stereocenters. The summed E-state index contributed by atoms with van der Waals surface area (Å²) in [5.74, 6) is 0.937. The van der Waals surface area contributed by atoms with Gasteiger partial charge in [0.2, 0.25) is 5.91 Å². The quantitative estimate of drug-likeness (QED) is 0.268. The molecule has 0 spiro atoms. The number of nitrogens with one attached hydrogen (secondary N) is 1. The van der Waals surface area contributed by atoms with E-state index in [-0.39, 0.29) is 11.8 Å². The number of piperazine rings is 1. The Balaban J connectivity index is 1.13. The molecule has 0 radical (unpaired) electrons. The molecule has 1 fully saturated rings. The zero-order valence-corrected chi connectivity index (χ0v) is 22.0. The molecule has 3 aromatic carbocycles. The van der Waals surface area contributed by atoms with Crippen LogP contribution in [0.25, 0.3) is 17.4 Å². The number of anilines is 2. The monoisotopic (exact) mass is 545 g/mol. The fourth-order valence-corrected chi connectivity index (χ4v) is 4.85. The molecule has 2 heterocycles. The van der Waals surface area contributed by atoms with E-state index in [2.05, 4.69) is 10.2 Å². The van der Waals surface area contributed by atoms with Crippen LogP contribution in [0.3, 0.4) is 0 Å². The molecule has 0 saturated carbocycles. The lowest BCUT2D eigenvalue weighted by molar-refractivity contribution is -0.111. The summed E-state index contributed by atoms with van der Waals surface area (Å²) in [6.45, 7) is 2.82. The minimum atomic E-state index is -0.269. The van der Waals surface area contributed by atoms with Crippen molar-refractivity contribution >= 4 is 52.5 Å². The molecular weight excluding hydrogens is 521 g/mol. The normalized spacial score (nSPS) is 13.6. The minimum Gasteiger partial charge on any atom is -0.457 e. The highest BCUT2D eigenvalue weighted by Gasteiger charge is 2.22. The summed E-state index contributed by atoms with van der Waals surface area (Å²) in [5, 5.41) is 3.90. The maximum absolute atomic E-state index is 12.7. The summed E-state index contributed by atoms with van der Waals surface area (Å²) in [4.78, 5) is 29.2. The van der Waals surface area contributed by atoms with Gasteiger partial charge in [-0.1, -0.05) is 41.4 Å². The summed E-state index contributed by atoms with van der Waals surface area (Å²) < 4.78 is 5.80. The highest BCUT2D eigenvalue weighted by Crippen LogP contribution is 2.29. The molecule has 1 N–H and O–H groups in total. The molecular formula is C30H25Cl2N3O3. The van der Waals surface area contributed by atoms with Gasteiger partial charge < -0.3 is 19.5 Å². The van der Waals surface area contributed by atoms with Crippen molar-refractivity contribution in [2.45, 2.75) is 0 Å². The van der Waals surface area contributed by atoms with E-state index in [1.54, 1.807) is 36.4 Å². The molecule has 8 heteroatoms. The third-order valence-corrected chi connectivity index (χ3v) is 6.70. The zero-order chi connectivity index (χ0) is 26.5. The van der Waals surface area contributed by atoms with Crippen LogP contribution >= 0.6 is 23.2 Å². The number of amides is 2. The van der Waals surface area contributed by atoms with Crippen molar-refractivity contribution in [1.29, 1.82) is 0 Å². The largest absolute Gasteiger partial charge is 0.457 e. The smallest absolute Gasteiger partial charge is 0.253 e. The maximum atomic E-state index is 12.7. The molecule has 1 aliphatic rings. The molecule has 5 rings (SSSR count). The fraction of sp³-hybridized carbons (Fsp3) is 0.133. The summed E-state index contributed by atoms with van der Waals surface area (Å²) in [5.41, 5.74) is 3.22. The minimum absolute atomic E-state index is 0.0657. The van der Waals surface area contributed by atoms with E-state index in [1.165, 1.54) is 6.08 Å². The Labute approximate surface area is 231 Å².